The molecule has 0 aliphatic heterocycles. The van der Waals surface area contributed by atoms with Crippen LogP contribution in [-0.2, 0) is 26.2 Å². The third-order valence-electron chi connectivity index (χ3n) is 5.58. The third-order valence-corrected chi connectivity index (χ3v) is 7.73. The summed E-state index contributed by atoms with van der Waals surface area (Å²) in [6.45, 7) is 6.90. The first-order chi connectivity index (χ1) is 16.2. The summed E-state index contributed by atoms with van der Waals surface area (Å²) in [5, 5.41) is 3.14. The molecule has 0 fully saturated rings. The topological polar surface area (TPSA) is 86.8 Å². The number of hydrogen-bond acceptors (Lipinski definition) is 4. The third kappa shape index (κ3) is 8.00. The van der Waals surface area contributed by atoms with E-state index in [0.717, 1.165) is 28.1 Å². The minimum Gasteiger partial charge on any atom is -0.352 e. The smallest absolute Gasteiger partial charge is 0.244 e. The maximum absolute atomic E-state index is 13.5. The molecule has 35 heavy (non-hydrogen) atoms. The largest absolute Gasteiger partial charge is 0.352 e. The summed E-state index contributed by atoms with van der Waals surface area (Å²) in [6.07, 6.45) is 1.69. The van der Waals surface area contributed by atoms with Crippen LogP contribution in [0, 0.1) is 6.92 Å². The molecule has 11 heteroatoms. The Kier molecular flexibility index (Phi) is 10.3. The molecule has 0 aliphatic rings. The van der Waals surface area contributed by atoms with Gasteiger partial charge in [-0.05, 0) is 44.9 Å². The second kappa shape index (κ2) is 12.3. The fourth-order valence-electron chi connectivity index (χ4n) is 3.24. The highest BCUT2D eigenvalue weighted by molar-refractivity contribution is 7.92. The van der Waals surface area contributed by atoms with Crippen molar-refractivity contribution in [1.29, 1.82) is 0 Å². The van der Waals surface area contributed by atoms with Crippen molar-refractivity contribution in [3.8, 4) is 0 Å². The van der Waals surface area contributed by atoms with Gasteiger partial charge in [0.25, 0.3) is 0 Å². The van der Waals surface area contributed by atoms with E-state index < -0.39 is 28.5 Å². The molecule has 192 valence electrons. The van der Waals surface area contributed by atoms with Crippen molar-refractivity contribution in [2.75, 3.05) is 17.1 Å². The number of aryl methyl sites for hydroxylation is 1. The number of nitrogens with one attached hydrogen (secondary N) is 1. The predicted molar refractivity (Wildman–Crippen MR) is 143 cm³/mol. The minimum absolute atomic E-state index is 0.0175. The van der Waals surface area contributed by atoms with Crippen molar-refractivity contribution in [3.63, 3.8) is 0 Å². The molecule has 0 bridgehead atoms. The molecule has 1 N–H and O–H groups in total. The minimum atomic E-state index is -3.95. The van der Waals surface area contributed by atoms with Gasteiger partial charge in [-0.25, -0.2) is 8.42 Å². The van der Waals surface area contributed by atoms with Crippen molar-refractivity contribution in [2.24, 2.45) is 0 Å². The van der Waals surface area contributed by atoms with Crippen LogP contribution in [-0.4, -0.2) is 50.0 Å². The summed E-state index contributed by atoms with van der Waals surface area (Å²) >= 11 is 18.3. The van der Waals surface area contributed by atoms with Crippen molar-refractivity contribution < 1.29 is 18.0 Å². The summed E-state index contributed by atoms with van der Waals surface area (Å²) in [5.41, 5.74) is 1.86. The standard InChI is InChI=1S/C24H30Cl3N3O4S/c1-6-16(3)28-24(32)17(4)29(13-18-9-7-15(2)8-10-18)23(31)14-30(35(5,33)34)22-12-20(26)19(25)11-21(22)27/h7-12,16-17H,6,13-14H2,1-5H3,(H,28,32). The van der Waals surface area contributed by atoms with Crippen molar-refractivity contribution in [3.05, 3.63) is 62.6 Å². The number of carbonyl (C=O) groups is 2. The number of amides is 2. The Balaban J connectivity index is 2.45. The zero-order valence-electron chi connectivity index (χ0n) is 20.3. The molecule has 2 atom stereocenters. The molecule has 7 nitrogen and oxygen atoms in total. The van der Waals surface area contributed by atoms with Crippen LogP contribution in [0.1, 0.15) is 38.3 Å². The summed E-state index contributed by atoms with van der Waals surface area (Å²) in [4.78, 5) is 27.8. The molecule has 0 saturated carbocycles. The van der Waals surface area contributed by atoms with E-state index in [1.54, 1.807) is 6.92 Å². The fourth-order valence-corrected chi connectivity index (χ4v) is 4.78. The lowest BCUT2D eigenvalue weighted by Crippen LogP contribution is -2.52. The van der Waals surface area contributed by atoms with E-state index in [-0.39, 0.29) is 39.2 Å². The van der Waals surface area contributed by atoms with Gasteiger partial charge in [0.05, 0.1) is 27.0 Å². The first kappa shape index (κ1) is 29.2. The number of nitrogens with zero attached hydrogens (tertiary/aromatic N) is 2. The number of anilines is 1. The predicted octanol–water partition coefficient (Wildman–Crippen LogP) is 5.05. The van der Waals surface area contributed by atoms with Gasteiger partial charge in [0.2, 0.25) is 21.8 Å². The lowest BCUT2D eigenvalue weighted by Gasteiger charge is -2.32. The monoisotopic (exact) mass is 561 g/mol. The average Bonchev–Trinajstić information content (AvgIpc) is 2.78. The number of carbonyl (C=O) groups excluding carboxylic acids is 2. The van der Waals surface area contributed by atoms with Gasteiger partial charge in [-0.15, -0.1) is 0 Å². The molecule has 0 saturated heterocycles. The zero-order valence-corrected chi connectivity index (χ0v) is 23.4. The SMILES string of the molecule is CCC(C)NC(=O)C(C)N(Cc1ccc(C)cc1)C(=O)CN(c1cc(Cl)c(Cl)cc1Cl)S(C)(=O)=O. The Morgan fingerprint density at radius 1 is 1.00 bits per heavy atom. The maximum atomic E-state index is 13.5. The lowest BCUT2D eigenvalue weighted by atomic mass is 10.1. The maximum Gasteiger partial charge on any atom is 0.244 e. The quantitative estimate of drug-likeness (QED) is 0.411. The van der Waals surface area contributed by atoms with Crippen LogP contribution in [0.2, 0.25) is 15.1 Å². The molecule has 2 amide bonds. The van der Waals surface area contributed by atoms with Crippen LogP contribution < -0.4 is 9.62 Å². The van der Waals surface area contributed by atoms with Crippen LogP contribution in [0.4, 0.5) is 5.69 Å². The second-order valence-electron chi connectivity index (χ2n) is 8.49. The highest BCUT2D eigenvalue weighted by atomic mass is 35.5. The number of rotatable bonds is 10. The van der Waals surface area contributed by atoms with Crippen molar-refractivity contribution >= 4 is 62.3 Å². The van der Waals surface area contributed by atoms with Crippen LogP contribution >= 0.6 is 34.8 Å². The van der Waals surface area contributed by atoms with Crippen LogP contribution in [0.5, 0.6) is 0 Å². The van der Waals surface area contributed by atoms with Gasteiger partial charge in [-0.1, -0.05) is 71.6 Å². The molecule has 0 aromatic heterocycles. The Hall–Kier alpha value is -2.00. The Labute approximate surface area is 222 Å². The van der Waals surface area contributed by atoms with Gasteiger partial charge in [0, 0.05) is 12.6 Å². The van der Waals surface area contributed by atoms with E-state index in [2.05, 4.69) is 5.32 Å². The van der Waals surface area contributed by atoms with Gasteiger partial charge >= 0.3 is 0 Å². The number of halogens is 3. The molecule has 2 unspecified atom stereocenters. The van der Waals surface area contributed by atoms with E-state index in [0.29, 0.717) is 0 Å². The molecule has 2 rings (SSSR count). The zero-order chi connectivity index (χ0) is 26.5. The molecule has 2 aromatic rings. The van der Waals surface area contributed by atoms with E-state index in [1.165, 1.54) is 17.0 Å². The molecule has 0 heterocycles. The molecule has 0 aliphatic carbocycles. The highest BCUT2D eigenvalue weighted by Crippen LogP contribution is 2.35. The summed E-state index contributed by atoms with van der Waals surface area (Å²) in [6, 6.07) is 9.20. The number of hydrogen-bond donors (Lipinski definition) is 1. The van der Waals surface area contributed by atoms with Gasteiger partial charge in [-0.2, -0.15) is 0 Å². The van der Waals surface area contributed by atoms with E-state index in [9.17, 15) is 18.0 Å². The first-order valence-corrected chi connectivity index (χ1v) is 14.0. The molecular formula is C24H30Cl3N3O4S. The fraction of sp³-hybridized carbons (Fsp3) is 0.417. The molecule has 0 spiro atoms. The van der Waals surface area contributed by atoms with E-state index in [4.69, 9.17) is 34.8 Å². The number of sulfonamides is 1. The summed E-state index contributed by atoms with van der Waals surface area (Å²) in [5.74, 6) is -0.914. The van der Waals surface area contributed by atoms with Gasteiger partial charge in [0.1, 0.15) is 12.6 Å². The van der Waals surface area contributed by atoms with Crippen molar-refractivity contribution in [2.45, 2.75) is 52.7 Å². The molecule has 2 aromatic carbocycles. The lowest BCUT2D eigenvalue weighted by molar-refractivity contribution is -0.139. The van der Waals surface area contributed by atoms with Gasteiger partial charge in [-0.3, -0.25) is 13.9 Å². The van der Waals surface area contributed by atoms with E-state index in [1.807, 2.05) is 45.0 Å². The van der Waals surface area contributed by atoms with Crippen LogP contribution in [0.25, 0.3) is 0 Å². The van der Waals surface area contributed by atoms with Gasteiger partial charge in [0.15, 0.2) is 0 Å². The van der Waals surface area contributed by atoms with Crippen LogP contribution in [0.15, 0.2) is 36.4 Å². The van der Waals surface area contributed by atoms with Gasteiger partial charge < -0.3 is 10.2 Å². The average molecular weight is 563 g/mol. The van der Waals surface area contributed by atoms with E-state index >= 15 is 0 Å². The molecule has 0 radical (unpaired) electrons. The molecular weight excluding hydrogens is 533 g/mol. The highest BCUT2D eigenvalue weighted by Gasteiger charge is 2.31. The van der Waals surface area contributed by atoms with Crippen LogP contribution in [0.3, 0.4) is 0 Å². The van der Waals surface area contributed by atoms with Crippen molar-refractivity contribution in [1.82, 2.24) is 10.2 Å². The first-order valence-electron chi connectivity index (χ1n) is 11.0. The summed E-state index contributed by atoms with van der Waals surface area (Å²) in [7, 11) is -3.95. The second-order valence-corrected chi connectivity index (χ2v) is 11.6. The normalized spacial score (nSPS) is 13.1. The Morgan fingerprint density at radius 2 is 1.57 bits per heavy atom. The Bertz CT molecular complexity index is 1170. The Morgan fingerprint density at radius 3 is 2.11 bits per heavy atom. The number of benzene rings is 2. The summed E-state index contributed by atoms with van der Waals surface area (Å²) < 4.78 is 26.2.